The summed E-state index contributed by atoms with van der Waals surface area (Å²) in [5, 5.41) is 1.71. The molecule has 2 nitrogen and oxygen atoms in total. The molecule has 0 aliphatic heterocycles. The van der Waals surface area contributed by atoms with Crippen LogP contribution in [0.1, 0.15) is 20.1 Å². The second kappa shape index (κ2) is 5.08. The summed E-state index contributed by atoms with van der Waals surface area (Å²) < 4.78 is 1.95. The van der Waals surface area contributed by atoms with Crippen molar-refractivity contribution in [3.05, 3.63) is 56.9 Å². The summed E-state index contributed by atoms with van der Waals surface area (Å²) in [5.74, 6) is 0.143. The maximum absolute atomic E-state index is 12.4. The number of benzene rings is 1. The maximum Gasteiger partial charge on any atom is 0.183 e. The first-order valence-corrected chi connectivity index (χ1v) is 7.59. The highest BCUT2D eigenvalue weighted by atomic mass is 35.5. The van der Waals surface area contributed by atoms with Crippen molar-refractivity contribution in [2.24, 2.45) is 0 Å². The highest BCUT2D eigenvalue weighted by Crippen LogP contribution is 2.26. The quantitative estimate of drug-likeness (QED) is 0.634. The number of rotatable bonds is 3. The Morgan fingerprint density at radius 3 is 2.80 bits per heavy atom. The fourth-order valence-electron chi connectivity index (χ4n) is 2.47. The molecule has 4 heteroatoms. The number of fused-ring (bicyclic) bond motifs is 1. The molecule has 0 saturated heterocycles. The molecule has 1 aromatic carbocycles. The van der Waals surface area contributed by atoms with Gasteiger partial charge in [0.05, 0.1) is 6.54 Å². The lowest BCUT2D eigenvalue weighted by Crippen LogP contribution is -2.09. The summed E-state index contributed by atoms with van der Waals surface area (Å²) in [7, 11) is 0. The van der Waals surface area contributed by atoms with Gasteiger partial charge in [-0.25, -0.2) is 0 Å². The number of Topliss-reactive ketones (excluding diaryl/α,β-unsaturated/α-hetero) is 1. The van der Waals surface area contributed by atoms with Crippen LogP contribution in [-0.4, -0.2) is 10.4 Å². The fourth-order valence-corrected chi connectivity index (χ4v) is 3.65. The lowest BCUT2D eigenvalue weighted by atomic mass is 10.1. The normalized spacial score (nSPS) is 11.2. The van der Waals surface area contributed by atoms with Crippen LogP contribution in [0.5, 0.6) is 0 Å². The first-order valence-electron chi connectivity index (χ1n) is 6.40. The molecule has 0 fully saturated rings. The van der Waals surface area contributed by atoms with E-state index in [-0.39, 0.29) is 5.78 Å². The predicted molar refractivity (Wildman–Crippen MR) is 85.1 cm³/mol. The smallest absolute Gasteiger partial charge is 0.183 e. The molecule has 0 unspecified atom stereocenters. The van der Waals surface area contributed by atoms with Crippen LogP contribution in [0.25, 0.3) is 10.9 Å². The van der Waals surface area contributed by atoms with Crippen LogP contribution in [-0.2, 0) is 6.54 Å². The zero-order chi connectivity index (χ0) is 14.3. The van der Waals surface area contributed by atoms with Gasteiger partial charge in [-0.3, -0.25) is 4.79 Å². The molecule has 0 bridgehead atoms. The van der Waals surface area contributed by atoms with Gasteiger partial charge < -0.3 is 4.57 Å². The fraction of sp³-hybridized carbons (Fsp3) is 0.188. The van der Waals surface area contributed by atoms with Crippen LogP contribution < -0.4 is 0 Å². The van der Waals surface area contributed by atoms with Crippen molar-refractivity contribution in [1.82, 2.24) is 4.57 Å². The van der Waals surface area contributed by atoms with Crippen molar-refractivity contribution >= 4 is 39.6 Å². The van der Waals surface area contributed by atoms with E-state index in [4.69, 9.17) is 11.6 Å². The second-order valence-electron chi connectivity index (χ2n) is 4.87. The van der Waals surface area contributed by atoms with E-state index < -0.39 is 0 Å². The number of ketones is 1. The third kappa shape index (κ3) is 2.28. The molecule has 0 atom stereocenters. The Morgan fingerprint density at radius 2 is 2.10 bits per heavy atom. The molecule has 20 heavy (non-hydrogen) atoms. The Bertz CT molecular complexity index is 800. The summed E-state index contributed by atoms with van der Waals surface area (Å²) in [4.78, 5) is 14.7. The number of nitrogens with zero attached hydrogens (tertiary/aromatic N) is 1. The Kier molecular flexibility index (Phi) is 3.40. The zero-order valence-electron chi connectivity index (χ0n) is 11.3. The van der Waals surface area contributed by atoms with Gasteiger partial charge in [0, 0.05) is 37.4 Å². The second-order valence-corrected chi connectivity index (χ2v) is 6.73. The van der Waals surface area contributed by atoms with Gasteiger partial charge in [-0.2, -0.15) is 0 Å². The van der Waals surface area contributed by atoms with Gasteiger partial charge in [-0.1, -0.05) is 17.7 Å². The molecule has 0 saturated carbocycles. The van der Waals surface area contributed by atoms with E-state index in [9.17, 15) is 4.79 Å². The number of carbonyl (C=O) groups excluding carboxylic acids is 1. The van der Waals surface area contributed by atoms with E-state index in [2.05, 4.69) is 0 Å². The van der Waals surface area contributed by atoms with Gasteiger partial charge in [0.1, 0.15) is 0 Å². The molecule has 0 amide bonds. The average Bonchev–Trinajstić information content (AvgIpc) is 2.94. The van der Waals surface area contributed by atoms with Gasteiger partial charge in [-0.15, -0.1) is 11.3 Å². The molecule has 0 aliphatic carbocycles. The number of aromatic nitrogens is 1. The summed E-state index contributed by atoms with van der Waals surface area (Å²) in [6.07, 6.45) is 1.92. The van der Waals surface area contributed by atoms with Crippen molar-refractivity contribution < 1.29 is 4.79 Å². The molecule has 2 aromatic heterocycles. The van der Waals surface area contributed by atoms with Crippen molar-refractivity contribution in [2.75, 3.05) is 0 Å². The van der Waals surface area contributed by atoms with Gasteiger partial charge in [0.15, 0.2) is 5.78 Å². The van der Waals surface area contributed by atoms with Crippen molar-refractivity contribution in [1.29, 1.82) is 0 Å². The topological polar surface area (TPSA) is 22.0 Å². The van der Waals surface area contributed by atoms with E-state index in [1.54, 1.807) is 11.3 Å². The van der Waals surface area contributed by atoms with Crippen molar-refractivity contribution in [3.63, 3.8) is 0 Å². The van der Waals surface area contributed by atoms with Crippen LogP contribution in [0.4, 0.5) is 0 Å². The Morgan fingerprint density at radius 1 is 1.30 bits per heavy atom. The number of hydrogen-bond acceptors (Lipinski definition) is 2. The first kappa shape index (κ1) is 13.4. The van der Waals surface area contributed by atoms with E-state index in [0.29, 0.717) is 6.54 Å². The SMILES string of the molecule is Cc1cc(C(=O)Cn2ccc3c(Cl)cccc32)c(C)s1. The number of thiophene rings is 1. The molecule has 0 aliphatic rings. The molecule has 2 heterocycles. The Labute approximate surface area is 126 Å². The van der Waals surface area contributed by atoms with Crippen LogP contribution in [0.15, 0.2) is 36.5 Å². The molecule has 102 valence electrons. The van der Waals surface area contributed by atoms with Gasteiger partial charge >= 0.3 is 0 Å². The predicted octanol–water partition coefficient (Wildman–Crippen LogP) is 4.86. The molecular weight excluding hydrogens is 290 g/mol. The molecule has 0 N–H and O–H groups in total. The standard InChI is InChI=1S/C16H14ClNOS/c1-10-8-13(11(2)20-10)16(19)9-18-7-6-12-14(17)4-3-5-15(12)18/h3-8H,9H2,1-2H3. The van der Waals surface area contributed by atoms with E-state index in [1.165, 1.54) is 4.88 Å². The van der Waals surface area contributed by atoms with Crippen LogP contribution in [0, 0.1) is 13.8 Å². The maximum atomic E-state index is 12.4. The van der Waals surface area contributed by atoms with Gasteiger partial charge in [0.25, 0.3) is 0 Å². The lowest BCUT2D eigenvalue weighted by molar-refractivity contribution is 0.0973. The van der Waals surface area contributed by atoms with Gasteiger partial charge in [-0.05, 0) is 38.1 Å². The van der Waals surface area contributed by atoms with Crippen LogP contribution in [0.3, 0.4) is 0 Å². The monoisotopic (exact) mass is 303 g/mol. The van der Waals surface area contributed by atoms with E-state index in [1.807, 2.05) is 54.9 Å². The van der Waals surface area contributed by atoms with Crippen molar-refractivity contribution in [2.45, 2.75) is 20.4 Å². The van der Waals surface area contributed by atoms with E-state index >= 15 is 0 Å². The molecule has 3 aromatic rings. The molecular formula is C16H14ClNOS. The number of hydrogen-bond donors (Lipinski definition) is 0. The minimum absolute atomic E-state index is 0.143. The summed E-state index contributed by atoms with van der Waals surface area (Å²) in [5.41, 5.74) is 1.83. The third-order valence-electron chi connectivity index (χ3n) is 3.42. The van der Waals surface area contributed by atoms with Crippen LogP contribution in [0.2, 0.25) is 5.02 Å². The number of carbonyl (C=O) groups is 1. The summed E-state index contributed by atoms with van der Waals surface area (Å²) in [6, 6.07) is 9.69. The average molecular weight is 304 g/mol. The van der Waals surface area contributed by atoms with Crippen LogP contribution >= 0.6 is 22.9 Å². The largest absolute Gasteiger partial charge is 0.340 e. The van der Waals surface area contributed by atoms with E-state index in [0.717, 1.165) is 26.4 Å². The highest BCUT2D eigenvalue weighted by Gasteiger charge is 2.14. The first-order chi connectivity index (χ1) is 9.56. The zero-order valence-corrected chi connectivity index (χ0v) is 12.9. The number of halogens is 1. The Balaban J connectivity index is 1.96. The minimum Gasteiger partial charge on any atom is -0.340 e. The van der Waals surface area contributed by atoms with Crippen molar-refractivity contribution in [3.8, 4) is 0 Å². The van der Waals surface area contributed by atoms with Gasteiger partial charge in [0.2, 0.25) is 0 Å². The molecule has 0 spiro atoms. The highest BCUT2D eigenvalue weighted by molar-refractivity contribution is 7.12. The summed E-state index contributed by atoms with van der Waals surface area (Å²) >= 11 is 7.82. The molecule has 0 radical (unpaired) electrons. The molecule has 3 rings (SSSR count). The third-order valence-corrected chi connectivity index (χ3v) is 4.71. The summed E-state index contributed by atoms with van der Waals surface area (Å²) in [6.45, 7) is 4.37. The Hall–Kier alpha value is -1.58. The number of aryl methyl sites for hydroxylation is 2. The minimum atomic E-state index is 0.143. The lowest BCUT2D eigenvalue weighted by Gasteiger charge is -2.05.